The first-order chi connectivity index (χ1) is 9.43. The Morgan fingerprint density at radius 1 is 1.30 bits per heavy atom. The first-order valence-electron chi connectivity index (χ1n) is 6.45. The molecule has 4 nitrogen and oxygen atoms in total. The number of aromatic amines is 1. The summed E-state index contributed by atoms with van der Waals surface area (Å²) in [4.78, 5) is 19.0. The Balaban J connectivity index is 2.47. The Bertz CT molecular complexity index is 647. The lowest BCUT2D eigenvalue weighted by atomic mass is 9.83. The van der Waals surface area contributed by atoms with E-state index in [2.05, 4.69) is 15.3 Å². The second-order valence-electron chi connectivity index (χ2n) is 5.25. The Kier molecular flexibility index (Phi) is 3.99. The van der Waals surface area contributed by atoms with Crippen LogP contribution in [0.25, 0.3) is 0 Å². The second kappa shape index (κ2) is 5.54. The van der Waals surface area contributed by atoms with Crippen LogP contribution in [0.5, 0.6) is 0 Å². The highest BCUT2D eigenvalue weighted by Crippen LogP contribution is 2.28. The van der Waals surface area contributed by atoms with Gasteiger partial charge in [-0.2, -0.15) is 0 Å². The molecule has 0 aliphatic carbocycles. The minimum atomic E-state index is -0.503. The van der Waals surface area contributed by atoms with Crippen molar-refractivity contribution >= 4 is 0 Å². The van der Waals surface area contributed by atoms with E-state index in [1.807, 2.05) is 13.8 Å². The minimum absolute atomic E-state index is 0.185. The second-order valence-corrected chi connectivity index (χ2v) is 5.25. The molecule has 20 heavy (non-hydrogen) atoms. The molecule has 0 spiro atoms. The van der Waals surface area contributed by atoms with Crippen LogP contribution >= 0.6 is 0 Å². The summed E-state index contributed by atoms with van der Waals surface area (Å²) in [5.41, 5.74) is 0.886. The average molecular weight is 275 g/mol. The smallest absolute Gasteiger partial charge is 0.251 e. The molecule has 2 N–H and O–H groups in total. The van der Waals surface area contributed by atoms with Gasteiger partial charge < -0.3 is 10.3 Å². The summed E-state index contributed by atoms with van der Waals surface area (Å²) in [6.45, 7) is 4.42. The van der Waals surface area contributed by atoms with Crippen molar-refractivity contribution in [3.63, 3.8) is 0 Å². The van der Waals surface area contributed by atoms with Gasteiger partial charge in [0.1, 0.15) is 11.6 Å². The molecular formula is C15H18FN3O. The number of benzene rings is 1. The first-order valence-corrected chi connectivity index (χ1v) is 6.45. The fourth-order valence-corrected chi connectivity index (χ4v) is 2.08. The summed E-state index contributed by atoms with van der Waals surface area (Å²) >= 11 is 0. The summed E-state index contributed by atoms with van der Waals surface area (Å²) < 4.78 is 13.0. The predicted octanol–water partition coefficient (Wildman–Crippen LogP) is 1.95. The molecule has 0 saturated carbocycles. The van der Waals surface area contributed by atoms with Gasteiger partial charge in [0.15, 0.2) is 0 Å². The maximum Gasteiger partial charge on any atom is 0.251 e. The highest BCUT2D eigenvalue weighted by molar-refractivity contribution is 5.31. The third kappa shape index (κ3) is 2.93. The molecule has 0 unspecified atom stereocenters. The van der Waals surface area contributed by atoms with Gasteiger partial charge in [0, 0.05) is 18.0 Å². The zero-order valence-corrected chi connectivity index (χ0v) is 11.8. The van der Waals surface area contributed by atoms with E-state index in [1.54, 1.807) is 19.2 Å². The molecular weight excluding hydrogens is 257 g/mol. The number of H-pyrrole nitrogens is 1. The first kappa shape index (κ1) is 14.4. The maximum absolute atomic E-state index is 13.0. The zero-order chi connectivity index (χ0) is 14.8. The third-order valence-corrected chi connectivity index (χ3v) is 3.31. The van der Waals surface area contributed by atoms with Crippen molar-refractivity contribution in [2.75, 3.05) is 7.05 Å². The number of hydrogen-bond acceptors (Lipinski definition) is 3. The van der Waals surface area contributed by atoms with Crippen LogP contribution in [-0.2, 0) is 12.0 Å². The predicted molar refractivity (Wildman–Crippen MR) is 76.1 cm³/mol. The van der Waals surface area contributed by atoms with Crippen LogP contribution < -0.4 is 10.9 Å². The number of nitrogens with one attached hydrogen (secondary N) is 2. The quantitative estimate of drug-likeness (QED) is 0.896. The maximum atomic E-state index is 13.0. The molecule has 1 aromatic carbocycles. The fraction of sp³-hybridized carbons (Fsp3) is 0.333. The molecule has 0 fully saturated rings. The van der Waals surface area contributed by atoms with Gasteiger partial charge in [0.05, 0.1) is 5.69 Å². The number of nitrogens with zero attached hydrogens (tertiary/aromatic N) is 1. The summed E-state index contributed by atoms with van der Waals surface area (Å²) in [7, 11) is 1.80. The van der Waals surface area contributed by atoms with Gasteiger partial charge in [-0.15, -0.1) is 0 Å². The Morgan fingerprint density at radius 3 is 2.55 bits per heavy atom. The molecule has 0 saturated heterocycles. The Hall–Kier alpha value is -2.01. The van der Waals surface area contributed by atoms with E-state index in [1.165, 1.54) is 18.2 Å². The lowest BCUT2D eigenvalue weighted by molar-refractivity contribution is 0.573. The highest BCUT2D eigenvalue weighted by atomic mass is 19.1. The van der Waals surface area contributed by atoms with Gasteiger partial charge in [-0.25, -0.2) is 9.37 Å². The molecule has 0 amide bonds. The van der Waals surface area contributed by atoms with Crippen molar-refractivity contribution < 1.29 is 4.39 Å². The van der Waals surface area contributed by atoms with Crippen molar-refractivity contribution in [2.45, 2.75) is 25.8 Å². The van der Waals surface area contributed by atoms with Crippen LogP contribution in [0.1, 0.15) is 30.9 Å². The van der Waals surface area contributed by atoms with Gasteiger partial charge >= 0.3 is 0 Å². The van der Waals surface area contributed by atoms with Crippen molar-refractivity contribution in [2.24, 2.45) is 0 Å². The topological polar surface area (TPSA) is 57.8 Å². The molecule has 1 heterocycles. The largest absolute Gasteiger partial charge is 0.314 e. The van der Waals surface area contributed by atoms with Gasteiger partial charge in [-0.05, 0) is 38.6 Å². The molecule has 5 heteroatoms. The molecule has 0 radical (unpaired) electrons. The highest BCUT2D eigenvalue weighted by Gasteiger charge is 2.26. The standard InChI is InChI=1S/C15H18FN3O/c1-15(2,10-4-6-11(16)7-5-10)14-18-12(9-17-3)8-13(20)19-14/h4-8,17H,9H2,1-3H3,(H,18,19,20). The lowest BCUT2D eigenvalue weighted by Crippen LogP contribution is -2.27. The third-order valence-electron chi connectivity index (χ3n) is 3.31. The van der Waals surface area contributed by atoms with Crippen molar-refractivity contribution in [3.05, 3.63) is 63.6 Å². The summed E-state index contributed by atoms with van der Waals surface area (Å²) in [5.74, 6) is 0.289. The monoisotopic (exact) mass is 275 g/mol. The van der Waals surface area contributed by atoms with Crippen LogP contribution in [0, 0.1) is 5.82 Å². The summed E-state index contributed by atoms with van der Waals surface area (Å²) in [5, 5.41) is 2.97. The Labute approximate surface area is 117 Å². The van der Waals surface area contributed by atoms with Crippen LogP contribution in [0.4, 0.5) is 4.39 Å². The van der Waals surface area contributed by atoms with Crippen LogP contribution in [-0.4, -0.2) is 17.0 Å². The minimum Gasteiger partial charge on any atom is -0.314 e. The fourth-order valence-electron chi connectivity index (χ4n) is 2.08. The van der Waals surface area contributed by atoms with E-state index in [4.69, 9.17) is 0 Å². The van der Waals surface area contributed by atoms with E-state index in [0.717, 1.165) is 5.56 Å². The van der Waals surface area contributed by atoms with Gasteiger partial charge in [-0.3, -0.25) is 4.79 Å². The average Bonchev–Trinajstić information content (AvgIpc) is 2.39. The molecule has 106 valence electrons. The lowest BCUT2D eigenvalue weighted by Gasteiger charge is -2.24. The van der Waals surface area contributed by atoms with Crippen molar-refractivity contribution in [1.82, 2.24) is 15.3 Å². The van der Waals surface area contributed by atoms with Crippen LogP contribution in [0.15, 0.2) is 35.1 Å². The SMILES string of the molecule is CNCc1cc(=O)[nH]c(C(C)(C)c2ccc(F)cc2)n1. The van der Waals surface area contributed by atoms with Gasteiger partial charge in [0.2, 0.25) is 0 Å². The molecule has 0 aliphatic heterocycles. The van der Waals surface area contributed by atoms with E-state index < -0.39 is 5.41 Å². The zero-order valence-electron chi connectivity index (χ0n) is 11.8. The molecule has 0 atom stereocenters. The molecule has 0 bridgehead atoms. The van der Waals surface area contributed by atoms with E-state index in [9.17, 15) is 9.18 Å². The number of halogens is 1. The Morgan fingerprint density at radius 2 is 1.95 bits per heavy atom. The van der Waals surface area contributed by atoms with Crippen LogP contribution in [0.2, 0.25) is 0 Å². The van der Waals surface area contributed by atoms with Crippen molar-refractivity contribution in [1.29, 1.82) is 0 Å². The van der Waals surface area contributed by atoms with Crippen molar-refractivity contribution in [3.8, 4) is 0 Å². The van der Waals surface area contributed by atoms with Crippen LogP contribution in [0.3, 0.4) is 0 Å². The van der Waals surface area contributed by atoms with Gasteiger partial charge in [-0.1, -0.05) is 12.1 Å². The van der Waals surface area contributed by atoms with E-state index in [0.29, 0.717) is 18.1 Å². The van der Waals surface area contributed by atoms with Gasteiger partial charge in [0.25, 0.3) is 5.56 Å². The molecule has 1 aromatic heterocycles. The molecule has 2 aromatic rings. The van der Waals surface area contributed by atoms with E-state index in [-0.39, 0.29) is 11.4 Å². The van der Waals surface area contributed by atoms with E-state index >= 15 is 0 Å². The summed E-state index contributed by atoms with van der Waals surface area (Å²) in [6, 6.07) is 7.71. The number of hydrogen-bond donors (Lipinski definition) is 2. The normalized spacial score (nSPS) is 11.6. The number of rotatable bonds is 4. The molecule has 2 rings (SSSR count). The molecule has 0 aliphatic rings. The number of aromatic nitrogens is 2. The summed E-state index contributed by atoms with van der Waals surface area (Å²) in [6.07, 6.45) is 0.